The van der Waals surface area contributed by atoms with Crippen LogP contribution in [-0.2, 0) is 9.59 Å². The predicted molar refractivity (Wildman–Crippen MR) is 98.5 cm³/mol. The van der Waals surface area contributed by atoms with Crippen molar-refractivity contribution >= 4 is 17.5 Å². The van der Waals surface area contributed by atoms with Crippen LogP contribution in [0.5, 0.6) is 11.5 Å². The van der Waals surface area contributed by atoms with Crippen LogP contribution in [0.4, 0.5) is 5.69 Å². The monoisotopic (exact) mass is 361 g/mol. The van der Waals surface area contributed by atoms with E-state index in [1.165, 1.54) is 0 Å². The number of hydrogen-bond acceptors (Lipinski definition) is 5. The molecule has 7 heteroatoms. The van der Waals surface area contributed by atoms with Crippen LogP contribution < -0.4 is 14.8 Å². The Bertz CT molecular complexity index is 669. The Balaban J connectivity index is 1.54. The molecule has 0 radical (unpaired) electrons. The molecule has 3 rings (SSSR count). The highest BCUT2D eigenvalue weighted by atomic mass is 16.6. The van der Waals surface area contributed by atoms with Gasteiger partial charge < -0.3 is 19.7 Å². The van der Waals surface area contributed by atoms with Gasteiger partial charge in [-0.05, 0) is 19.1 Å². The molecule has 1 saturated heterocycles. The number of amides is 2. The van der Waals surface area contributed by atoms with Gasteiger partial charge in [-0.1, -0.05) is 13.8 Å². The van der Waals surface area contributed by atoms with E-state index in [4.69, 9.17) is 9.47 Å². The van der Waals surface area contributed by atoms with Gasteiger partial charge in [0.2, 0.25) is 11.8 Å². The molecular formula is C19H27N3O4. The molecule has 1 aromatic rings. The van der Waals surface area contributed by atoms with E-state index in [0.717, 1.165) is 0 Å². The summed E-state index contributed by atoms with van der Waals surface area (Å²) in [7, 11) is 0. The van der Waals surface area contributed by atoms with Crippen molar-refractivity contribution in [3.05, 3.63) is 18.2 Å². The highest BCUT2D eigenvalue weighted by Crippen LogP contribution is 2.32. The highest BCUT2D eigenvalue weighted by Gasteiger charge is 2.28. The largest absolute Gasteiger partial charge is 0.486 e. The zero-order valence-electron chi connectivity index (χ0n) is 15.7. The van der Waals surface area contributed by atoms with E-state index < -0.39 is 0 Å². The number of benzene rings is 1. The Morgan fingerprint density at radius 1 is 1.00 bits per heavy atom. The van der Waals surface area contributed by atoms with Gasteiger partial charge in [0, 0.05) is 43.9 Å². The molecular weight excluding hydrogens is 334 g/mol. The van der Waals surface area contributed by atoms with Gasteiger partial charge in [0.15, 0.2) is 11.5 Å². The number of carbonyl (C=O) groups excluding carboxylic acids is 2. The lowest BCUT2D eigenvalue weighted by molar-refractivity contribution is -0.136. The maximum Gasteiger partial charge on any atom is 0.241 e. The maximum absolute atomic E-state index is 12.6. The van der Waals surface area contributed by atoms with Crippen molar-refractivity contribution in [2.45, 2.75) is 26.8 Å². The number of carbonyl (C=O) groups is 2. The summed E-state index contributed by atoms with van der Waals surface area (Å²) in [6.45, 7) is 9.52. The molecule has 2 heterocycles. The van der Waals surface area contributed by atoms with E-state index in [-0.39, 0.29) is 23.8 Å². The second kappa shape index (κ2) is 7.95. The normalized spacial score (nSPS) is 18.5. The topological polar surface area (TPSA) is 71.1 Å². The number of nitrogens with one attached hydrogen (secondary N) is 1. The predicted octanol–water partition coefficient (Wildman–Crippen LogP) is 1.58. The van der Waals surface area contributed by atoms with Crippen LogP contribution in [0.2, 0.25) is 0 Å². The van der Waals surface area contributed by atoms with E-state index in [2.05, 4.69) is 10.2 Å². The molecule has 7 nitrogen and oxygen atoms in total. The smallest absolute Gasteiger partial charge is 0.241 e. The van der Waals surface area contributed by atoms with Gasteiger partial charge in [-0.25, -0.2) is 0 Å². The van der Waals surface area contributed by atoms with E-state index in [0.29, 0.717) is 56.6 Å². The van der Waals surface area contributed by atoms with Gasteiger partial charge in [-0.3, -0.25) is 14.5 Å². The SMILES string of the molecule is CC(C)C(=O)N1CCN(C(C)C(=O)Nc2ccc3c(c2)OCCO3)CC1. The zero-order valence-corrected chi connectivity index (χ0v) is 15.7. The summed E-state index contributed by atoms with van der Waals surface area (Å²) in [4.78, 5) is 28.7. The van der Waals surface area contributed by atoms with Gasteiger partial charge in [0.25, 0.3) is 0 Å². The summed E-state index contributed by atoms with van der Waals surface area (Å²) >= 11 is 0. The first-order valence-corrected chi connectivity index (χ1v) is 9.19. The van der Waals surface area contributed by atoms with Crippen molar-refractivity contribution in [2.24, 2.45) is 5.92 Å². The van der Waals surface area contributed by atoms with Crippen molar-refractivity contribution in [2.75, 3.05) is 44.7 Å². The van der Waals surface area contributed by atoms with Gasteiger partial charge in [0.05, 0.1) is 6.04 Å². The number of anilines is 1. The van der Waals surface area contributed by atoms with Crippen molar-refractivity contribution in [1.29, 1.82) is 0 Å². The fourth-order valence-electron chi connectivity index (χ4n) is 3.23. The Kier molecular flexibility index (Phi) is 5.66. The quantitative estimate of drug-likeness (QED) is 0.882. The van der Waals surface area contributed by atoms with Crippen molar-refractivity contribution in [3.63, 3.8) is 0 Å². The highest BCUT2D eigenvalue weighted by molar-refractivity contribution is 5.94. The van der Waals surface area contributed by atoms with Gasteiger partial charge in [-0.2, -0.15) is 0 Å². The third-order valence-corrected chi connectivity index (χ3v) is 4.86. The Hall–Kier alpha value is -2.28. The summed E-state index contributed by atoms with van der Waals surface area (Å²) in [6, 6.07) is 5.15. The summed E-state index contributed by atoms with van der Waals surface area (Å²) in [5.41, 5.74) is 0.694. The maximum atomic E-state index is 12.6. The summed E-state index contributed by atoms with van der Waals surface area (Å²) in [5, 5.41) is 2.94. The third kappa shape index (κ3) is 4.09. The minimum atomic E-state index is -0.264. The first-order valence-electron chi connectivity index (χ1n) is 9.19. The van der Waals surface area contributed by atoms with Crippen molar-refractivity contribution in [1.82, 2.24) is 9.80 Å². The Labute approximate surface area is 154 Å². The fraction of sp³-hybridized carbons (Fsp3) is 0.579. The number of ether oxygens (including phenoxy) is 2. The molecule has 1 atom stereocenters. The molecule has 2 aliphatic rings. The van der Waals surface area contributed by atoms with Crippen LogP contribution in [0.1, 0.15) is 20.8 Å². The molecule has 0 saturated carbocycles. The Morgan fingerprint density at radius 2 is 1.65 bits per heavy atom. The lowest BCUT2D eigenvalue weighted by atomic mass is 10.1. The molecule has 1 N–H and O–H groups in total. The minimum Gasteiger partial charge on any atom is -0.486 e. The number of fused-ring (bicyclic) bond motifs is 1. The van der Waals surface area contributed by atoms with E-state index in [1.54, 1.807) is 6.07 Å². The molecule has 0 spiro atoms. The molecule has 2 amide bonds. The van der Waals surface area contributed by atoms with Crippen LogP contribution in [-0.4, -0.2) is 67.0 Å². The average Bonchev–Trinajstić information content (AvgIpc) is 2.66. The number of hydrogen-bond donors (Lipinski definition) is 1. The standard InChI is InChI=1S/C19H27N3O4/c1-13(2)19(24)22-8-6-21(7-9-22)14(3)18(23)20-15-4-5-16-17(12-15)26-11-10-25-16/h4-5,12-14H,6-11H2,1-3H3,(H,20,23). The molecule has 1 aromatic carbocycles. The molecule has 1 fully saturated rings. The van der Waals surface area contributed by atoms with Gasteiger partial charge in [0.1, 0.15) is 13.2 Å². The van der Waals surface area contributed by atoms with Crippen molar-refractivity contribution in [3.8, 4) is 11.5 Å². The summed E-state index contributed by atoms with van der Waals surface area (Å²) in [5.74, 6) is 1.48. The number of nitrogens with zero attached hydrogens (tertiary/aromatic N) is 2. The van der Waals surface area contributed by atoms with Crippen molar-refractivity contribution < 1.29 is 19.1 Å². The average molecular weight is 361 g/mol. The van der Waals surface area contributed by atoms with E-state index in [9.17, 15) is 9.59 Å². The molecule has 142 valence electrons. The number of piperazine rings is 1. The van der Waals surface area contributed by atoms with Gasteiger partial charge in [-0.15, -0.1) is 0 Å². The van der Waals surface area contributed by atoms with Gasteiger partial charge >= 0.3 is 0 Å². The van der Waals surface area contributed by atoms with Crippen LogP contribution >= 0.6 is 0 Å². The summed E-state index contributed by atoms with van der Waals surface area (Å²) in [6.07, 6.45) is 0. The van der Waals surface area contributed by atoms with Crippen LogP contribution in [0, 0.1) is 5.92 Å². The second-order valence-corrected chi connectivity index (χ2v) is 7.04. The van der Waals surface area contributed by atoms with Crippen LogP contribution in [0.15, 0.2) is 18.2 Å². The van der Waals surface area contributed by atoms with E-state index in [1.807, 2.05) is 37.8 Å². The molecule has 0 aromatic heterocycles. The molecule has 0 bridgehead atoms. The first kappa shape index (κ1) is 18.5. The lowest BCUT2D eigenvalue weighted by Crippen LogP contribution is -2.54. The first-order chi connectivity index (χ1) is 12.5. The molecule has 26 heavy (non-hydrogen) atoms. The molecule has 0 aliphatic carbocycles. The van der Waals surface area contributed by atoms with E-state index >= 15 is 0 Å². The molecule has 1 unspecified atom stereocenters. The van der Waals surface area contributed by atoms with Crippen LogP contribution in [0.25, 0.3) is 0 Å². The van der Waals surface area contributed by atoms with Crippen LogP contribution in [0.3, 0.4) is 0 Å². The fourth-order valence-corrected chi connectivity index (χ4v) is 3.23. The second-order valence-electron chi connectivity index (χ2n) is 7.04. The number of rotatable bonds is 4. The minimum absolute atomic E-state index is 0.0116. The zero-order chi connectivity index (χ0) is 18.7. The Morgan fingerprint density at radius 3 is 2.31 bits per heavy atom. The molecule has 2 aliphatic heterocycles. The third-order valence-electron chi connectivity index (χ3n) is 4.86. The lowest BCUT2D eigenvalue weighted by Gasteiger charge is -2.38. The summed E-state index contributed by atoms with van der Waals surface area (Å²) < 4.78 is 11.0.